The van der Waals surface area contributed by atoms with E-state index in [0.29, 0.717) is 17.9 Å². The lowest BCUT2D eigenvalue weighted by Gasteiger charge is -2.41. The van der Waals surface area contributed by atoms with Crippen LogP contribution in [0.3, 0.4) is 0 Å². The number of para-hydroxylation sites is 1. The molecule has 0 aromatic heterocycles. The van der Waals surface area contributed by atoms with Gasteiger partial charge in [0.25, 0.3) is 5.91 Å². The van der Waals surface area contributed by atoms with Crippen molar-refractivity contribution in [1.82, 2.24) is 10.3 Å². The van der Waals surface area contributed by atoms with Crippen molar-refractivity contribution in [3.63, 3.8) is 0 Å². The van der Waals surface area contributed by atoms with E-state index in [2.05, 4.69) is 24.2 Å². The molecule has 2 rings (SSSR count). The van der Waals surface area contributed by atoms with Crippen LogP contribution in [0.4, 0.5) is 0 Å². The van der Waals surface area contributed by atoms with Gasteiger partial charge in [-0.25, -0.2) is 5.84 Å². The number of nitrogens with one attached hydrogen (secondary N) is 1. The van der Waals surface area contributed by atoms with E-state index in [1.165, 1.54) is 0 Å². The van der Waals surface area contributed by atoms with E-state index in [0.717, 1.165) is 26.3 Å². The third-order valence-electron chi connectivity index (χ3n) is 3.70. The van der Waals surface area contributed by atoms with Crippen LogP contribution in [0.1, 0.15) is 24.2 Å². The van der Waals surface area contributed by atoms with Crippen LogP contribution >= 0.6 is 0 Å². The Labute approximate surface area is 125 Å². The Bertz CT molecular complexity index is 491. The van der Waals surface area contributed by atoms with E-state index in [1.807, 2.05) is 6.07 Å². The molecule has 0 bridgehead atoms. The maximum absolute atomic E-state index is 11.7. The van der Waals surface area contributed by atoms with Gasteiger partial charge in [-0.15, -0.1) is 0 Å². The standard InChI is InChI=1S/C15H23N3O3/c1-15(2)11-20-9-7-18(15)8-10-21-13-6-4-3-5-12(13)14(19)17-16/h3-6H,7-11,16H2,1-2H3,(H,17,19). The predicted molar refractivity (Wildman–Crippen MR) is 80.1 cm³/mol. The van der Waals surface area contributed by atoms with Crippen LogP contribution in [0.5, 0.6) is 5.75 Å². The quantitative estimate of drug-likeness (QED) is 0.476. The molecule has 116 valence electrons. The molecule has 1 amide bonds. The maximum Gasteiger partial charge on any atom is 0.268 e. The molecule has 0 atom stereocenters. The largest absolute Gasteiger partial charge is 0.491 e. The number of nitrogens with zero attached hydrogens (tertiary/aromatic N) is 1. The topological polar surface area (TPSA) is 76.8 Å². The Morgan fingerprint density at radius 1 is 1.48 bits per heavy atom. The number of carbonyl (C=O) groups is 1. The Hall–Kier alpha value is -1.63. The Morgan fingerprint density at radius 3 is 2.95 bits per heavy atom. The summed E-state index contributed by atoms with van der Waals surface area (Å²) in [5, 5.41) is 0. The number of hydrogen-bond donors (Lipinski definition) is 2. The van der Waals surface area contributed by atoms with Crippen molar-refractivity contribution in [3.05, 3.63) is 29.8 Å². The smallest absolute Gasteiger partial charge is 0.268 e. The van der Waals surface area contributed by atoms with Crippen LogP contribution in [-0.2, 0) is 4.74 Å². The van der Waals surface area contributed by atoms with Gasteiger partial charge in [0.1, 0.15) is 12.4 Å². The van der Waals surface area contributed by atoms with E-state index >= 15 is 0 Å². The van der Waals surface area contributed by atoms with Crippen molar-refractivity contribution in [2.45, 2.75) is 19.4 Å². The predicted octanol–water partition coefficient (Wildman–Crippen LogP) is 0.780. The number of morpholine rings is 1. The van der Waals surface area contributed by atoms with Gasteiger partial charge in [0.15, 0.2) is 0 Å². The van der Waals surface area contributed by atoms with Gasteiger partial charge in [0, 0.05) is 18.6 Å². The van der Waals surface area contributed by atoms with Crippen molar-refractivity contribution in [1.29, 1.82) is 0 Å². The summed E-state index contributed by atoms with van der Waals surface area (Å²) in [6, 6.07) is 7.08. The molecule has 1 fully saturated rings. The lowest BCUT2D eigenvalue weighted by atomic mass is 10.0. The fourth-order valence-electron chi connectivity index (χ4n) is 2.43. The van der Waals surface area contributed by atoms with E-state index in [9.17, 15) is 4.79 Å². The fourth-order valence-corrected chi connectivity index (χ4v) is 2.43. The third-order valence-corrected chi connectivity index (χ3v) is 3.70. The second-order valence-corrected chi connectivity index (χ2v) is 5.67. The van der Waals surface area contributed by atoms with Gasteiger partial charge < -0.3 is 9.47 Å². The zero-order valence-corrected chi connectivity index (χ0v) is 12.6. The normalized spacial score (nSPS) is 18.2. The first-order valence-corrected chi connectivity index (χ1v) is 7.10. The molecule has 1 heterocycles. The number of hydrazine groups is 1. The highest BCUT2D eigenvalue weighted by molar-refractivity contribution is 5.96. The zero-order valence-electron chi connectivity index (χ0n) is 12.6. The summed E-state index contributed by atoms with van der Waals surface area (Å²) in [4.78, 5) is 14.0. The van der Waals surface area contributed by atoms with Gasteiger partial charge in [0.2, 0.25) is 0 Å². The van der Waals surface area contributed by atoms with Crippen LogP contribution in [0.25, 0.3) is 0 Å². The molecule has 21 heavy (non-hydrogen) atoms. The molecule has 0 unspecified atom stereocenters. The number of benzene rings is 1. The summed E-state index contributed by atoms with van der Waals surface area (Å²) < 4.78 is 11.3. The molecule has 6 nitrogen and oxygen atoms in total. The number of nitrogens with two attached hydrogens (primary N) is 1. The highest BCUT2D eigenvalue weighted by Crippen LogP contribution is 2.20. The molecule has 0 radical (unpaired) electrons. The molecule has 1 aliphatic heterocycles. The van der Waals surface area contributed by atoms with Gasteiger partial charge in [0.05, 0.1) is 18.8 Å². The molecule has 1 aromatic carbocycles. The SMILES string of the molecule is CC1(C)COCCN1CCOc1ccccc1C(=O)NN. The minimum atomic E-state index is -0.350. The first-order valence-electron chi connectivity index (χ1n) is 7.10. The molecule has 6 heteroatoms. The Kier molecular flexibility index (Phi) is 5.17. The average molecular weight is 293 g/mol. The Balaban J connectivity index is 1.93. The maximum atomic E-state index is 11.7. The van der Waals surface area contributed by atoms with E-state index in [4.69, 9.17) is 15.3 Å². The van der Waals surface area contributed by atoms with Crippen molar-refractivity contribution >= 4 is 5.91 Å². The summed E-state index contributed by atoms with van der Waals surface area (Å²) in [5.41, 5.74) is 2.58. The average Bonchev–Trinajstić information content (AvgIpc) is 2.48. The molecule has 0 aliphatic carbocycles. The Morgan fingerprint density at radius 2 is 2.24 bits per heavy atom. The highest BCUT2D eigenvalue weighted by Gasteiger charge is 2.30. The molecular weight excluding hydrogens is 270 g/mol. The van der Waals surface area contributed by atoms with Crippen molar-refractivity contribution in [2.75, 3.05) is 32.9 Å². The number of hydrogen-bond acceptors (Lipinski definition) is 5. The number of rotatable bonds is 5. The lowest BCUT2D eigenvalue weighted by molar-refractivity contribution is -0.0547. The number of ether oxygens (including phenoxy) is 2. The van der Waals surface area contributed by atoms with Gasteiger partial charge in [-0.3, -0.25) is 15.1 Å². The molecule has 1 aromatic rings. The van der Waals surface area contributed by atoms with E-state index in [-0.39, 0.29) is 11.4 Å². The van der Waals surface area contributed by atoms with Crippen LogP contribution in [0.15, 0.2) is 24.3 Å². The molecule has 3 N–H and O–H groups in total. The van der Waals surface area contributed by atoms with Gasteiger partial charge in [-0.05, 0) is 26.0 Å². The molecule has 1 aliphatic rings. The molecular formula is C15H23N3O3. The summed E-state index contributed by atoms with van der Waals surface area (Å²) >= 11 is 0. The number of amides is 1. The van der Waals surface area contributed by atoms with Gasteiger partial charge in [-0.2, -0.15) is 0 Å². The summed E-state index contributed by atoms with van der Waals surface area (Å²) in [6.07, 6.45) is 0. The summed E-state index contributed by atoms with van der Waals surface area (Å²) in [7, 11) is 0. The zero-order chi connectivity index (χ0) is 15.3. The molecule has 0 spiro atoms. The summed E-state index contributed by atoms with van der Waals surface area (Å²) in [6.45, 7) is 7.97. The second-order valence-electron chi connectivity index (χ2n) is 5.67. The van der Waals surface area contributed by atoms with Gasteiger partial charge in [-0.1, -0.05) is 12.1 Å². The van der Waals surface area contributed by atoms with Crippen molar-refractivity contribution in [3.8, 4) is 5.75 Å². The minimum absolute atomic E-state index is 0.00968. The first kappa shape index (κ1) is 15.8. The van der Waals surface area contributed by atoms with Crippen LogP contribution < -0.4 is 16.0 Å². The highest BCUT2D eigenvalue weighted by atomic mass is 16.5. The molecule has 1 saturated heterocycles. The third kappa shape index (κ3) is 3.93. The van der Waals surface area contributed by atoms with E-state index < -0.39 is 0 Å². The second kappa shape index (κ2) is 6.89. The fraction of sp³-hybridized carbons (Fsp3) is 0.533. The van der Waals surface area contributed by atoms with Crippen LogP contribution in [0, 0.1) is 0 Å². The molecule has 0 saturated carbocycles. The monoisotopic (exact) mass is 293 g/mol. The van der Waals surface area contributed by atoms with Crippen LogP contribution in [-0.4, -0.2) is 49.3 Å². The summed E-state index contributed by atoms with van der Waals surface area (Å²) in [5.74, 6) is 5.37. The van der Waals surface area contributed by atoms with E-state index in [1.54, 1.807) is 18.2 Å². The number of nitrogen functional groups attached to an aromatic ring is 1. The first-order chi connectivity index (χ1) is 10.0. The van der Waals surface area contributed by atoms with Crippen molar-refractivity contribution in [2.24, 2.45) is 5.84 Å². The number of carbonyl (C=O) groups excluding carboxylic acids is 1. The van der Waals surface area contributed by atoms with Gasteiger partial charge >= 0.3 is 0 Å². The lowest BCUT2D eigenvalue weighted by Crippen LogP contribution is -2.54. The van der Waals surface area contributed by atoms with Crippen LogP contribution in [0.2, 0.25) is 0 Å². The minimum Gasteiger partial charge on any atom is -0.491 e. The van der Waals surface area contributed by atoms with Crippen molar-refractivity contribution < 1.29 is 14.3 Å².